The number of carbonyl (C=O) groups is 3. The van der Waals surface area contributed by atoms with Gasteiger partial charge in [0.15, 0.2) is 0 Å². The van der Waals surface area contributed by atoms with Gasteiger partial charge in [-0.1, -0.05) is 48.5 Å². The van der Waals surface area contributed by atoms with Gasteiger partial charge in [-0.25, -0.2) is 4.79 Å². The van der Waals surface area contributed by atoms with E-state index in [4.69, 9.17) is 9.84 Å². The summed E-state index contributed by atoms with van der Waals surface area (Å²) >= 11 is 0. The number of hydrogen-bond donors (Lipinski definition) is 3. The topological polar surface area (TPSA) is 105 Å². The second-order valence-corrected chi connectivity index (χ2v) is 8.17. The molecule has 10 heteroatoms. The molecule has 3 N–H and O–H groups in total. The van der Waals surface area contributed by atoms with Gasteiger partial charge in [0.25, 0.3) is 0 Å². The molecule has 0 unspecified atom stereocenters. The quantitative estimate of drug-likeness (QED) is 0.501. The first kappa shape index (κ1) is 25.1. The molecule has 0 bridgehead atoms. The number of rotatable bonds is 9. The van der Waals surface area contributed by atoms with Crippen LogP contribution in [0.15, 0.2) is 48.5 Å². The summed E-state index contributed by atoms with van der Waals surface area (Å²) in [5, 5.41) is 12.8. The number of fused-ring (bicyclic) bond motifs is 3. The molecular weight excluding hydrogens is 453 g/mol. The third-order valence-electron chi connectivity index (χ3n) is 5.58. The van der Waals surface area contributed by atoms with Crippen molar-refractivity contribution in [2.45, 2.75) is 50.4 Å². The standard InChI is InChI=1S/C24H25F3N2O5/c1-14(12-22(31)32)28-21(30)11-10-20(24(25,26)27)29-23(33)34-13-19-17-8-4-2-6-15(17)16-7-3-5-9-18(16)19/h2-9,14,19-20H,10-13H2,1H3,(H,28,30)(H,29,33)(H,31,32)/t14-,20+/m1/s1. The van der Waals surface area contributed by atoms with Gasteiger partial charge in [-0.3, -0.25) is 9.59 Å². The molecule has 7 nitrogen and oxygen atoms in total. The number of halogens is 3. The first-order chi connectivity index (χ1) is 16.1. The maximum atomic E-state index is 13.4. The van der Waals surface area contributed by atoms with Crippen molar-refractivity contribution < 1.29 is 37.4 Å². The Morgan fingerprint density at radius 1 is 1.00 bits per heavy atom. The Labute approximate surface area is 194 Å². The van der Waals surface area contributed by atoms with Crippen LogP contribution in [0.3, 0.4) is 0 Å². The fourth-order valence-corrected chi connectivity index (χ4v) is 4.04. The predicted molar refractivity (Wildman–Crippen MR) is 117 cm³/mol. The number of alkyl halides is 3. The van der Waals surface area contributed by atoms with Gasteiger partial charge < -0.3 is 20.5 Å². The zero-order valence-electron chi connectivity index (χ0n) is 18.4. The number of alkyl carbamates (subject to hydrolysis) is 1. The van der Waals surface area contributed by atoms with Crippen molar-refractivity contribution in [3.05, 3.63) is 59.7 Å². The van der Waals surface area contributed by atoms with Crippen molar-refractivity contribution in [3.63, 3.8) is 0 Å². The van der Waals surface area contributed by atoms with Crippen LogP contribution in [0, 0.1) is 0 Å². The summed E-state index contributed by atoms with van der Waals surface area (Å²) in [6.45, 7) is 1.29. The van der Waals surface area contributed by atoms with E-state index < -0.39 is 49.1 Å². The third-order valence-corrected chi connectivity index (χ3v) is 5.58. The largest absolute Gasteiger partial charge is 0.481 e. The van der Waals surface area contributed by atoms with Gasteiger partial charge in [-0.15, -0.1) is 0 Å². The highest BCUT2D eigenvalue weighted by atomic mass is 19.4. The summed E-state index contributed by atoms with van der Waals surface area (Å²) < 4.78 is 45.4. The van der Waals surface area contributed by atoms with Crippen LogP contribution in [0.1, 0.15) is 43.2 Å². The molecule has 182 valence electrons. The number of benzene rings is 2. The maximum absolute atomic E-state index is 13.4. The maximum Gasteiger partial charge on any atom is 0.408 e. The van der Waals surface area contributed by atoms with Crippen LogP contribution in [0.4, 0.5) is 18.0 Å². The second-order valence-electron chi connectivity index (χ2n) is 8.17. The highest BCUT2D eigenvalue weighted by Gasteiger charge is 2.41. The number of carboxylic acids is 1. The smallest absolute Gasteiger partial charge is 0.408 e. The van der Waals surface area contributed by atoms with E-state index in [1.54, 1.807) is 0 Å². The first-order valence-electron chi connectivity index (χ1n) is 10.8. The summed E-state index contributed by atoms with van der Waals surface area (Å²) in [6.07, 6.45) is -7.63. The average molecular weight is 478 g/mol. The molecule has 1 aliphatic carbocycles. The fourth-order valence-electron chi connectivity index (χ4n) is 4.04. The lowest BCUT2D eigenvalue weighted by Crippen LogP contribution is -2.46. The lowest BCUT2D eigenvalue weighted by atomic mass is 9.98. The molecule has 0 saturated heterocycles. The molecule has 0 saturated carbocycles. The summed E-state index contributed by atoms with van der Waals surface area (Å²) in [6, 6.07) is 12.1. The number of ether oxygens (including phenoxy) is 1. The minimum Gasteiger partial charge on any atom is -0.481 e. The van der Waals surface area contributed by atoms with Gasteiger partial charge >= 0.3 is 18.2 Å². The number of amides is 2. The highest BCUT2D eigenvalue weighted by molar-refractivity contribution is 5.79. The SMILES string of the molecule is C[C@H](CC(=O)O)NC(=O)CC[C@H](NC(=O)OCC1c2ccccc2-c2ccccc21)C(F)(F)F. The first-order valence-corrected chi connectivity index (χ1v) is 10.8. The molecule has 3 rings (SSSR count). The number of carboxylic acid groups (broad SMARTS) is 1. The molecule has 0 aromatic heterocycles. The molecule has 0 fully saturated rings. The lowest BCUT2D eigenvalue weighted by Gasteiger charge is -2.22. The van der Waals surface area contributed by atoms with E-state index in [2.05, 4.69) is 5.32 Å². The molecule has 2 aromatic carbocycles. The van der Waals surface area contributed by atoms with E-state index in [-0.39, 0.29) is 18.9 Å². The molecule has 2 aromatic rings. The third kappa shape index (κ3) is 6.27. The van der Waals surface area contributed by atoms with Crippen molar-refractivity contribution in [1.29, 1.82) is 0 Å². The Kier molecular flexibility index (Phi) is 7.80. The van der Waals surface area contributed by atoms with Crippen LogP contribution in [-0.2, 0) is 14.3 Å². The summed E-state index contributed by atoms with van der Waals surface area (Å²) in [5.41, 5.74) is 3.83. The van der Waals surface area contributed by atoms with Crippen LogP contribution in [-0.4, -0.2) is 47.9 Å². The Balaban J connectivity index is 1.58. The average Bonchev–Trinajstić information content (AvgIpc) is 3.07. The fraction of sp³-hybridized carbons (Fsp3) is 0.375. The van der Waals surface area contributed by atoms with E-state index in [1.165, 1.54) is 6.92 Å². The molecule has 34 heavy (non-hydrogen) atoms. The van der Waals surface area contributed by atoms with Gasteiger partial charge in [-0.05, 0) is 35.6 Å². The Morgan fingerprint density at radius 3 is 2.09 bits per heavy atom. The Bertz CT molecular complexity index is 1010. The van der Waals surface area contributed by atoms with E-state index >= 15 is 0 Å². The molecular formula is C24H25F3N2O5. The van der Waals surface area contributed by atoms with Gasteiger partial charge in [0.05, 0.1) is 6.42 Å². The number of aliphatic carboxylic acids is 1. The number of nitrogens with one attached hydrogen (secondary N) is 2. The summed E-state index contributed by atoms with van der Waals surface area (Å²) in [5.74, 6) is -2.18. The van der Waals surface area contributed by atoms with Crippen molar-refractivity contribution in [1.82, 2.24) is 10.6 Å². The van der Waals surface area contributed by atoms with E-state index in [0.29, 0.717) is 0 Å². The Morgan fingerprint density at radius 2 is 1.56 bits per heavy atom. The minimum absolute atomic E-state index is 0.141. The molecule has 0 aliphatic heterocycles. The van der Waals surface area contributed by atoms with Gasteiger partial charge in [0.2, 0.25) is 5.91 Å². The van der Waals surface area contributed by atoms with Gasteiger partial charge in [0, 0.05) is 18.4 Å². The van der Waals surface area contributed by atoms with Gasteiger partial charge in [0.1, 0.15) is 12.6 Å². The zero-order valence-corrected chi connectivity index (χ0v) is 18.4. The monoisotopic (exact) mass is 478 g/mol. The molecule has 0 heterocycles. The Hall–Kier alpha value is -3.56. The summed E-state index contributed by atoms with van der Waals surface area (Å²) in [4.78, 5) is 34.7. The van der Waals surface area contributed by atoms with Crippen molar-refractivity contribution >= 4 is 18.0 Å². The van der Waals surface area contributed by atoms with Crippen LogP contribution in [0.2, 0.25) is 0 Å². The van der Waals surface area contributed by atoms with Crippen LogP contribution in [0.25, 0.3) is 11.1 Å². The molecule has 2 amide bonds. The van der Waals surface area contributed by atoms with Crippen LogP contribution in [0.5, 0.6) is 0 Å². The lowest BCUT2D eigenvalue weighted by molar-refractivity contribution is -0.156. The van der Waals surface area contributed by atoms with Crippen molar-refractivity contribution in [2.75, 3.05) is 6.61 Å². The number of carbonyl (C=O) groups excluding carboxylic acids is 2. The molecule has 1 aliphatic rings. The van der Waals surface area contributed by atoms with E-state index in [0.717, 1.165) is 22.3 Å². The zero-order chi connectivity index (χ0) is 24.9. The van der Waals surface area contributed by atoms with E-state index in [1.807, 2.05) is 53.8 Å². The van der Waals surface area contributed by atoms with Crippen LogP contribution >= 0.6 is 0 Å². The second kappa shape index (κ2) is 10.6. The van der Waals surface area contributed by atoms with Crippen molar-refractivity contribution in [3.8, 4) is 11.1 Å². The van der Waals surface area contributed by atoms with Crippen molar-refractivity contribution in [2.24, 2.45) is 0 Å². The van der Waals surface area contributed by atoms with Gasteiger partial charge in [-0.2, -0.15) is 13.2 Å². The van der Waals surface area contributed by atoms with Crippen LogP contribution < -0.4 is 10.6 Å². The van der Waals surface area contributed by atoms with E-state index in [9.17, 15) is 27.6 Å². The highest BCUT2D eigenvalue weighted by Crippen LogP contribution is 2.44. The summed E-state index contributed by atoms with van der Waals surface area (Å²) in [7, 11) is 0. The normalized spacial score (nSPS) is 14.5. The molecule has 0 radical (unpaired) electrons. The predicted octanol–water partition coefficient (Wildman–Crippen LogP) is 4.22. The minimum atomic E-state index is -4.79. The molecule has 2 atom stereocenters. The molecule has 0 spiro atoms. The number of hydrogen-bond acceptors (Lipinski definition) is 4.